The Bertz CT molecular complexity index is 1830. The number of aliphatic carboxylic acids is 1. The summed E-state index contributed by atoms with van der Waals surface area (Å²) < 4.78 is 61.2. The van der Waals surface area contributed by atoms with Crippen LogP contribution in [0.5, 0.6) is 11.5 Å². The summed E-state index contributed by atoms with van der Waals surface area (Å²) in [6.07, 6.45) is 14.2. The lowest BCUT2D eigenvalue weighted by molar-refractivity contribution is -0.150. The molecule has 3 unspecified atom stereocenters. The van der Waals surface area contributed by atoms with Crippen molar-refractivity contribution in [2.24, 2.45) is 17.8 Å². The van der Waals surface area contributed by atoms with Gasteiger partial charge in [-0.25, -0.2) is 0 Å². The molecule has 0 heterocycles. The highest BCUT2D eigenvalue weighted by atomic mass is 19.3. The van der Waals surface area contributed by atoms with Crippen LogP contribution in [0.15, 0.2) is 97.1 Å². The molecule has 0 bridgehead atoms. The maximum atomic E-state index is 13.7. The minimum absolute atomic E-state index is 0.00778. The molecule has 3 atom stereocenters. The van der Waals surface area contributed by atoms with Crippen molar-refractivity contribution in [2.75, 3.05) is 0 Å². The summed E-state index contributed by atoms with van der Waals surface area (Å²) in [7, 11) is 0. The number of para-hydroxylation sites is 1. The van der Waals surface area contributed by atoms with Crippen LogP contribution in [0.1, 0.15) is 115 Å². The zero-order valence-corrected chi connectivity index (χ0v) is 32.7. The van der Waals surface area contributed by atoms with Gasteiger partial charge in [-0.05, 0) is 121 Å². The van der Waals surface area contributed by atoms with Gasteiger partial charge in [0, 0.05) is 5.56 Å². The molecular weight excluding hydrogens is 717 g/mol. The number of unbranched alkanes of at least 4 members (excludes halogenated alkanes) is 4. The number of hydrogen-bond donors (Lipinski definition) is 1. The highest BCUT2D eigenvalue weighted by Crippen LogP contribution is 2.56. The van der Waals surface area contributed by atoms with Crippen LogP contribution in [0.25, 0.3) is 22.3 Å². The Morgan fingerprint density at radius 2 is 1.29 bits per heavy atom. The van der Waals surface area contributed by atoms with Crippen LogP contribution < -0.4 is 9.47 Å². The van der Waals surface area contributed by atoms with Crippen LogP contribution >= 0.6 is 0 Å². The van der Waals surface area contributed by atoms with Gasteiger partial charge in [0.2, 0.25) is 0 Å². The van der Waals surface area contributed by atoms with E-state index in [1.165, 1.54) is 43.4 Å². The van der Waals surface area contributed by atoms with Gasteiger partial charge in [-0.1, -0.05) is 131 Å². The van der Waals surface area contributed by atoms with Crippen molar-refractivity contribution in [1.29, 1.82) is 0 Å². The molecule has 2 saturated carbocycles. The molecule has 300 valence electrons. The van der Waals surface area contributed by atoms with Gasteiger partial charge in [0.05, 0.1) is 5.41 Å². The van der Waals surface area contributed by atoms with Gasteiger partial charge in [0.15, 0.2) is 0 Å². The lowest BCUT2D eigenvalue weighted by Crippen LogP contribution is -2.51. The Morgan fingerprint density at radius 1 is 0.696 bits per heavy atom. The number of rotatable bonds is 17. The fourth-order valence-electron chi connectivity index (χ4n) is 10.0. The Hall–Kier alpha value is -4.33. The second-order valence-corrected chi connectivity index (χ2v) is 16.1. The SMILES string of the molecule is CCCCCCCC1(c2ccc(-c3ccccc3OC(F)F)cc2)CCC(C2CC(CC)CCC2(C(=O)O)c2ccc(-c3ccc(OC(F)F)cc3)cc2)CC1. The van der Waals surface area contributed by atoms with E-state index in [9.17, 15) is 27.5 Å². The van der Waals surface area contributed by atoms with Crippen LogP contribution in [0.4, 0.5) is 17.6 Å². The third kappa shape index (κ3) is 9.27. The summed E-state index contributed by atoms with van der Waals surface area (Å²) in [6.45, 7) is -1.35. The van der Waals surface area contributed by atoms with Crippen molar-refractivity contribution in [3.63, 3.8) is 0 Å². The molecule has 2 aliphatic rings. The first-order valence-corrected chi connectivity index (χ1v) is 20.6. The van der Waals surface area contributed by atoms with Crippen LogP contribution in [0.2, 0.25) is 0 Å². The predicted octanol–water partition coefficient (Wildman–Crippen LogP) is 13.9. The van der Waals surface area contributed by atoms with E-state index in [1.807, 2.05) is 48.5 Å². The van der Waals surface area contributed by atoms with Gasteiger partial charge in [0.25, 0.3) is 0 Å². The Balaban J connectivity index is 1.26. The van der Waals surface area contributed by atoms with Crippen LogP contribution in [0, 0.1) is 17.8 Å². The molecule has 4 aromatic rings. The van der Waals surface area contributed by atoms with E-state index in [-0.39, 0.29) is 28.7 Å². The monoisotopic (exact) mass is 772 g/mol. The molecular formula is C48H56F4O4. The van der Waals surface area contributed by atoms with Crippen LogP contribution in [0.3, 0.4) is 0 Å². The molecule has 0 aromatic heterocycles. The number of benzene rings is 4. The third-order valence-electron chi connectivity index (χ3n) is 13.2. The molecule has 6 rings (SSSR count). The molecule has 8 heteroatoms. The molecule has 2 aliphatic carbocycles. The van der Waals surface area contributed by atoms with Gasteiger partial charge < -0.3 is 14.6 Å². The first-order chi connectivity index (χ1) is 27.1. The number of carbonyl (C=O) groups is 1. The molecule has 0 spiro atoms. The van der Waals surface area contributed by atoms with E-state index in [2.05, 4.69) is 30.7 Å². The fraction of sp³-hybridized carbons (Fsp3) is 0.479. The van der Waals surface area contributed by atoms with E-state index in [1.54, 1.807) is 24.3 Å². The summed E-state index contributed by atoms with van der Waals surface area (Å²) in [4.78, 5) is 13.7. The van der Waals surface area contributed by atoms with E-state index in [4.69, 9.17) is 4.74 Å². The van der Waals surface area contributed by atoms with Crippen molar-refractivity contribution in [1.82, 2.24) is 0 Å². The van der Waals surface area contributed by atoms with E-state index >= 15 is 0 Å². The van der Waals surface area contributed by atoms with Crippen LogP contribution in [-0.4, -0.2) is 24.3 Å². The Labute approximate surface area is 329 Å². The lowest BCUT2D eigenvalue weighted by Gasteiger charge is -2.51. The average molecular weight is 773 g/mol. The van der Waals surface area contributed by atoms with E-state index in [0.29, 0.717) is 17.9 Å². The summed E-state index contributed by atoms with van der Waals surface area (Å²) in [6, 6.07) is 29.7. The van der Waals surface area contributed by atoms with Crippen molar-refractivity contribution in [3.8, 4) is 33.8 Å². The molecule has 56 heavy (non-hydrogen) atoms. The molecule has 0 aliphatic heterocycles. The lowest BCUT2D eigenvalue weighted by atomic mass is 9.52. The Morgan fingerprint density at radius 3 is 1.89 bits per heavy atom. The quantitative estimate of drug-likeness (QED) is 0.0858. The molecule has 4 nitrogen and oxygen atoms in total. The van der Waals surface area contributed by atoms with E-state index < -0.39 is 24.6 Å². The standard InChI is InChI=1S/C48H56F4O4/c1-3-5-6-7-10-28-47(38-19-15-36(16-20-38)41-11-8-9-12-43(41)56-46(51)52)29-26-37(27-30-47)42-32-33(4-2)25-31-48(42,44(53)54)39-21-13-34(14-22-39)35-17-23-40(24-18-35)55-45(49)50/h8-9,11-24,33,37,42,45-46H,3-7,10,25-32H2,1-2H3,(H,53,54). The number of hydrogen-bond acceptors (Lipinski definition) is 3. The summed E-state index contributed by atoms with van der Waals surface area (Å²) in [5, 5.41) is 11.2. The molecule has 0 saturated heterocycles. The largest absolute Gasteiger partial charge is 0.481 e. The molecule has 2 fully saturated rings. The number of halogens is 4. The second kappa shape index (κ2) is 18.7. The number of carboxylic acid groups (broad SMARTS) is 1. The normalized spacial score (nSPS) is 24.0. The zero-order valence-electron chi connectivity index (χ0n) is 32.7. The maximum Gasteiger partial charge on any atom is 0.387 e. The van der Waals surface area contributed by atoms with Crippen molar-refractivity contribution >= 4 is 5.97 Å². The number of alkyl halides is 4. The number of carboxylic acids is 1. The van der Waals surface area contributed by atoms with E-state index in [0.717, 1.165) is 80.0 Å². The molecule has 1 N–H and O–H groups in total. The third-order valence-corrected chi connectivity index (χ3v) is 13.2. The number of ether oxygens (including phenoxy) is 2. The van der Waals surface area contributed by atoms with Gasteiger partial charge in [-0.3, -0.25) is 4.79 Å². The summed E-state index contributed by atoms with van der Waals surface area (Å²) in [5.41, 5.74) is 4.26. The van der Waals surface area contributed by atoms with Crippen LogP contribution in [-0.2, 0) is 15.6 Å². The minimum atomic E-state index is -2.90. The summed E-state index contributed by atoms with van der Waals surface area (Å²) >= 11 is 0. The van der Waals surface area contributed by atoms with Crippen molar-refractivity contribution in [2.45, 2.75) is 128 Å². The predicted molar refractivity (Wildman–Crippen MR) is 214 cm³/mol. The van der Waals surface area contributed by atoms with Gasteiger partial charge >= 0.3 is 19.2 Å². The second-order valence-electron chi connectivity index (χ2n) is 16.1. The summed E-state index contributed by atoms with van der Waals surface area (Å²) in [5.74, 6) is 0.231. The highest BCUT2D eigenvalue weighted by molar-refractivity contribution is 5.82. The molecule has 0 radical (unpaired) electrons. The van der Waals surface area contributed by atoms with Crippen molar-refractivity contribution < 1.29 is 36.9 Å². The van der Waals surface area contributed by atoms with Gasteiger partial charge in [-0.2, -0.15) is 17.6 Å². The van der Waals surface area contributed by atoms with Crippen molar-refractivity contribution in [3.05, 3.63) is 108 Å². The van der Waals surface area contributed by atoms with Gasteiger partial charge in [-0.15, -0.1) is 0 Å². The average Bonchev–Trinajstić information content (AvgIpc) is 3.21. The zero-order chi connectivity index (χ0) is 39.7. The minimum Gasteiger partial charge on any atom is -0.481 e. The highest BCUT2D eigenvalue weighted by Gasteiger charge is 2.54. The van der Waals surface area contributed by atoms with Gasteiger partial charge in [0.1, 0.15) is 11.5 Å². The maximum absolute atomic E-state index is 13.7. The first kappa shape index (κ1) is 41.3. The topological polar surface area (TPSA) is 55.8 Å². The first-order valence-electron chi connectivity index (χ1n) is 20.6. The fourth-order valence-corrected chi connectivity index (χ4v) is 10.0. The smallest absolute Gasteiger partial charge is 0.387 e. The Kier molecular flexibility index (Phi) is 13.8. The molecule has 0 amide bonds. The molecule has 4 aromatic carbocycles.